The molecule has 0 spiro atoms. The summed E-state index contributed by atoms with van der Waals surface area (Å²) < 4.78 is 30.7. The zero-order valence-electron chi connectivity index (χ0n) is 11.0. The molecule has 0 aromatic rings. The van der Waals surface area contributed by atoms with Gasteiger partial charge in [-0.1, -0.05) is 6.92 Å². The number of rotatable bonds is 2. The molecule has 5 unspecified atom stereocenters. The second-order valence-corrected chi connectivity index (χ2v) is 8.07. The molecule has 18 heavy (non-hydrogen) atoms. The van der Waals surface area contributed by atoms with Crippen molar-refractivity contribution in [2.75, 3.05) is 6.61 Å². The SMILES string of the molecule is CC1CCC(C#N)C(S(=O)(=O)C2CCOC2C)C1. The van der Waals surface area contributed by atoms with Gasteiger partial charge in [-0.25, -0.2) is 8.42 Å². The van der Waals surface area contributed by atoms with Gasteiger partial charge in [0.05, 0.1) is 28.6 Å². The Morgan fingerprint density at radius 3 is 2.44 bits per heavy atom. The van der Waals surface area contributed by atoms with Crippen LogP contribution in [0.15, 0.2) is 0 Å². The molecule has 2 aliphatic rings. The minimum Gasteiger partial charge on any atom is -0.377 e. The summed E-state index contributed by atoms with van der Waals surface area (Å²) in [4.78, 5) is 0. The third kappa shape index (κ3) is 2.41. The maximum absolute atomic E-state index is 12.7. The van der Waals surface area contributed by atoms with Gasteiger partial charge >= 0.3 is 0 Å². The van der Waals surface area contributed by atoms with Crippen LogP contribution in [-0.2, 0) is 14.6 Å². The summed E-state index contributed by atoms with van der Waals surface area (Å²) >= 11 is 0. The lowest BCUT2D eigenvalue weighted by Gasteiger charge is -2.33. The molecule has 1 aliphatic heterocycles. The first-order valence-electron chi connectivity index (χ1n) is 6.70. The van der Waals surface area contributed by atoms with E-state index in [0.29, 0.717) is 31.8 Å². The highest BCUT2D eigenvalue weighted by atomic mass is 32.2. The van der Waals surface area contributed by atoms with Crippen LogP contribution in [0.3, 0.4) is 0 Å². The van der Waals surface area contributed by atoms with Crippen LogP contribution in [0.1, 0.15) is 39.5 Å². The van der Waals surface area contributed by atoms with E-state index in [-0.39, 0.29) is 12.0 Å². The van der Waals surface area contributed by atoms with Crippen LogP contribution in [0, 0.1) is 23.2 Å². The van der Waals surface area contributed by atoms with Gasteiger partial charge in [-0.05, 0) is 38.5 Å². The van der Waals surface area contributed by atoms with Gasteiger partial charge in [0.1, 0.15) is 0 Å². The van der Waals surface area contributed by atoms with Gasteiger partial charge in [0.25, 0.3) is 0 Å². The van der Waals surface area contributed by atoms with Crippen LogP contribution in [-0.4, -0.2) is 31.6 Å². The first-order valence-corrected chi connectivity index (χ1v) is 8.31. The largest absolute Gasteiger partial charge is 0.377 e. The zero-order chi connectivity index (χ0) is 13.3. The quantitative estimate of drug-likeness (QED) is 0.769. The van der Waals surface area contributed by atoms with Crippen molar-refractivity contribution in [1.29, 1.82) is 5.26 Å². The lowest BCUT2D eigenvalue weighted by molar-refractivity contribution is 0.126. The van der Waals surface area contributed by atoms with E-state index in [1.165, 1.54) is 0 Å². The van der Waals surface area contributed by atoms with Crippen molar-refractivity contribution in [3.8, 4) is 6.07 Å². The van der Waals surface area contributed by atoms with Gasteiger partial charge in [-0.3, -0.25) is 0 Å². The van der Waals surface area contributed by atoms with Crippen LogP contribution in [0.2, 0.25) is 0 Å². The number of nitriles is 1. The summed E-state index contributed by atoms with van der Waals surface area (Å²) in [5, 5.41) is 8.28. The third-order valence-corrected chi connectivity index (χ3v) is 7.20. The smallest absolute Gasteiger partial charge is 0.159 e. The Labute approximate surface area is 109 Å². The van der Waals surface area contributed by atoms with E-state index in [0.717, 1.165) is 6.42 Å². The van der Waals surface area contributed by atoms with Gasteiger partial charge in [0.15, 0.2) is 9.84 Å². The summed E-state index contributed by atoms with van der Waals surface area (Å²) in [6.45, 7) is 4.41. The fourth-order valence-electron chi connectivity index (χ4n) is 3.21. The van der Waals surface area contributed by atoms with E-state index in [9.17, 15) is 13.7 Å². The van der Waals surface area contributed by atoms with Crippen LogP contribution in [0.25, 0.3) is 0 Å². The normalized spacial score (nSPS) is 41.5. The highest BCUT2D eigenvalue weighted by Gasteiger charge is 2.45. The van der Waals surface area contributed by atoms with Crippen molar-refractivity contribution in [1.82, 2.24) is 0 Å². The molecule has 5 atom stereocenters. The molecule has 2 fully saturated rings. The van der Waals surface area contributed by atoms with Gasteiger partial charge < -0.3 is 4.74 Å². The molecule has 4 nitrogen and oxygen atoms in total. The van der Waals surface area contributed by atoms with Gasteiger partial charge in [-0.2, -0.15) is 5.26 Å². The molecule has 1 saturated heterocycles. The molecule has 1 heterocycles. The first kappa shape index (κ1) is 13.8. The molecule has 1 aliphatic carbocycles. The Morgan fingerprint density at radius 1 is 1.17 bits per heavy atom. The maximum Gasteiger partial charge on any atom is 0.159 e. The van der Waals surface area contributed by atoms with Crippen molar-refractivity contribution in [2.45, 2.75) is 56.1 Å². The van der Waals surface area contributed by atoms with Crippen molar-refractivity contribution < 1.29 is 13.2 Å². The van der Waals surface area contributed by atoms with E-state index in [2.05, 4.69) is 13.0 Å². The second-order valence-electron chi connectivity index (χ2n) is 5.68. The topological polar surface area (TPSA) is 67.2 Å². The molecule has 102 valence electrons. The number of hydrogen-bond donors (Lipinski definition) is 0. The predicted molar refractivity (Wildman–Crippen MR) is 68.6 cm³/mol. The molecule has 0 radical (unpaired) electrons. The minimum atomic E-state index is -3.25. The van der Waals surface area contributed by atoms with Crippen molar-refractivity contribution in [3.05, 3.63) is 0 Å². The number of sulfone groups is 1. The van der Waals surface area contributed by atoms with E-state index >= 15 is 0 Å². The summed E-state index contributed by atoms with van der Waals surface area (Å²) in [6, 6.07) is 2.20. The Hall–Kier alpha value is -0.600. The number of ether oxygens (including phenoxy) is 1. The standard InChI is InChI=1S/C13H21NO3S/c1-9-3-4-11(8-14)13(7-9)18(15,16)12-5-6-17-10(12)2/h9-13H,3-7H2,1-2H3. The van der Waals surface area contributed by atoms with Crippen molar-refractivity contribution >= 4 is 9.84 Å². The van der Waals surface area contributed by atoms with Crippen LogP contribution < -0.4 is 0 Å². The first-order chi connectivity index (χ1) is 8.46. The van der Waals surface area contributed by atoms with E-state index in [1.807, 2.05) is 6.92 Å². The summed E-state index contributed by atoms with van der Waals surface area (Å²) in [6.07, 6.45) is 2.65. The molecule has 0 aromatic heterocycles. The minimum absolute atomic E-state index is 0.230. The molecule has 0 aromatic carbocycles. The molecular weight excluding hydrogens is 250 g/mol. The lowest BCUT2D eigenvalue weighted by atomic mass is 9.83. The van der Waals surface area contributed by atoms with E-state index < -0.39 is 20.3 Å². The fraction of sp³-hybridized carbons (Fsp3) is 0.923. The van der Waals surface area contributed by atoms with Gasteiger partial charge in [0, 0.05) is 6.61 Å². The fourth-order valence-corrected chi connectivity index (χ4v) is 5.95. The maximum atomic E-state index is 12.7. The third-order valence-electron chi connectivity index (χ3n) is 4.37. The van der Waals surface area contributed by atoms with Crippen molar-refractivity contribution in [3.63, 3.8) is 0 Å². The monoisotopic (exact) mass is 271 g/mol. The summed E-state index contributed by atoms with van der Waals surface area (Å²) in [5.74, 6) is 0.0611. The second kappa shape index (κ2) is 5.18. The Bertz CT molecular complexity index is 440. The number of nitrogens with zero attached hydrogens (tertiary/aromatic N) is 1. The van der Waals surface area contributed by atoms with Crippen molar-refractivity contribution in [2.24, 2.45) is 11.8 Å². The molecule has 0 amide bonds. The van der Waals surface area contributed by atoms with Crippen LogP contribution in [0.4, 0.5) is 0 Å². The zero-order valence-corrected chi connectivity index (χ0v) is 11.8. The highest BCUT2D eigenvalue weighted by molar-refractivity contribution is 7.92. The molecule has 2 rings (SSSR count). The molecule has 0 bridgehead atoms. The van der Waals surface area contributed by atoms with E-state index in [4.69, 9.17) is 4.74 Å². The van der Waals surface area contributed by atoms with Crippen LogP contribution in [0.5, 0.6) is 0 Å². The average Bonchev–Trinajstić information content (AvgIpc) is 2.76. The predicted octanol–water partition coefficient (Wildman–Crippen LogP) is 1.91. The number of hydrogen-bond acceptors (Lipinski definition) is 4. The molecule has 1 saturated carbocycles. The Morgan fingerprint density at radius 2 is 1.89 bits per heavy atom. The average molecular weight is 271 g/mol. The van der Waals surface area contributed by atoms with Gasteiger partial charge in [-0.15, -0.1) is 0 Å². The molecule has 5 heteroatoms. The molecule has 0 N–H and O–H groups in total. The van der Waals surface area contributed by atoms with Gasteiger partial charge in [0.2, 0.25) is 0 Å². The summed E-state index contributed by atoms with van der Waals surface area (Å²) in [7, 11) is -3.25. The highest BCUT2D eigenvalue weighted by Crippen LogP contribution is 2.37. The Kier molecular flexibility index (Phi) is 3.98. The van der Waals surface area contributed by atoms with E-state index in [1.54, 1.807) is 0 Å². The summed E-state index contributed by atoms with van der Waals surface area (Å²) in [5.41, 5.74) is 0. The Balaban J connectivity index is 2.24. The lowest BCUT2D eigenvalue weighted by Crippen LogP contribution is -2.42. The van der Waals surface area contributed by atoms with Crippen LogP contribution >= 0.6 is 0 Å². The molecular formula is C13H21NO3S.